The third-order valence-electron chi connectivity index (χ3n) is 2.38. The fourth-order valence-corrected chi connectivity index (χ4v) is 2.35. The molecule has 1 heterocycles. The van der Waals surface area contributed by atoms with E-state index in [1.54, 1.807) is 0 Å². The minimum Gasteiger partial charge on any atom is -0.311 e. The van der Waals surface area contributed by atoms with Crippen molar-refractivity contribution < 1.29 is 9.31 Å². The van der Waals surface area contributed by atoms with Gasteiger partial charge in [0.25, 0.3) is 5.69 Å². The van der Waals surface area contributed by atoms with Crippen LogP contribution in [0.2, 0.25) is 0 Å². The molecule has 8 heteroatoms. The van der Waals surface area contributed by atoms with Gasteiger partial charge >= 0.3 is 0 Å². The van der Waals surface area contributed by atoms with Gasteiger partial charge in [-0.05, 0) is 18.7 Å². The Bertz CT molecular complexity index is 602. The number of halogens is 1. The summed E-state index contributed by atoms with van der Waals surface area (Å²) in [6, 6.07) is 3.42. The van der Waals surface area contributed by atoms with Gasteiger partial charge in [0.2, 0.25) is 0 Å². The molecule has 0 aliphatic rings. The van der Waals surface area contributed by atoms with Crippen LogP contribution in [-0.4, -0.2) is 21.7 Å². The molecule has 1 aromatic carbocycles. The van der Waals surface area contributed by atoms with Gasteiger partial charge in [-0.3, -0.25) is 10.1 Å². The summed E-state index contributed by atoms with van der Waals surface area (Å²) in [5.74, 6) is -0.646. The zero-order valence-electron chi connectivity index (χ0n) is 10.1. The first-order chi connectivity index (χ1) is 9.11. The molecule has 0 radical (unpaired) electrons. The standard InChI is InChI=1S/C11H11FN4O2S/c1-2-13-6-10-14-15-11(19-10)8-4-3-7(12)5-9(8)16(17)18/h3-5,13H,2,6H2,1H3. The topological polar surface area (TPSA) is 81.0 Å². The van der Waals surface area contributed by atoms with Gasteiger partial charge in [0.15, 0.2) is 5.01 Å². The number of aromatic nitrogens is 2. The number of nitrogens with one attached hydrogen (secondary N) is 1. The van der Waals surface area contributed by atoms with Gasteiger partial charge in [-0.1, -0.05) is 18.3 Å². The van der Waals surface area contributed by atoms with Crippen LogP contribution < -0.4 is 5.32 Å². The number of nitrogens with zero attached hydrogens (tertiary/aromatic N) is 3. The van der Waals surface area contributed by atoms with Crippen LogP contribution in [0.5, 0.6) is 0 Å². The molecule has 0 bridgehead atoms. The van der Waals surface area contributed by atoms with Crippen molar-refractivity contribution in [3.8, 4) is 10.6 Å². The van der Waals surface area contributed by atoms with Crippen molar-refractivity contribution in [2.45, 2.75) is 13.5 Å². The summed E-state index contributed by atoms with van der Waals surface area (Å²) >= 11 is 1.25. The van der Waals surface area contributed by atoms with E-state index in [0.717, 1.165) is 17.6 Å². The number of nitro groups is 1. The number of hydrogen-bond acceptors (Lipinski definition) is 6. The Morgan fingerprint density at radius 1 is 1.47 bits per heavy atom. The molecule has 1 N–H and O–H groups in total. The van der Waals surface area contributed by atoms with Gasteiger partial charge in [0, 0.05) is 6.54 Å². The maximum Gasteiger partial charge on any atom is 0.282 e. The lowest BCUT2D eigenvalue weighted by molar-refractivity contribution is -0.384. The molecule has 19 heavy (non-hydrogen) atoms. The Morgan fingerprint density at radius 3 is 2.95 bits per heavy atom. The van der Waals surface area contributed by atoms with Crippen LogP contribution in [-0.2, 0) is 6.54 Å². The van der Waals surface area contributed by atoms with Crippen molar-refractivity contribution in [2.75, 3.05) is 6.54 Å². The van der Waals surface area contributed by atoms with Crippen molar-refractivity contribution in [2.24, 2.45) is 0 Å². The third kappa shape index (κ3) is 3.09. The monoisotopic (exact) mass is 282 g/mol. The smallest absolute Gasteiger partial charge is 0.282 e. The van der Waals surface area contributed by atoms with E-state index < -0.39 is 10.7 Å². The molecule has 0 atom stereocenters. The van der Waals surface area contributed by atoms with E-state index in [1.165, 1.54) is 23.5 Å². The lowest BCUT2D eigenvalue weighted by Crippen LogP contribution is -2.11. The van der Waals surface area contributed by atoms with Gasteiger partial charge in [0.1, 0.15) is 10.8 Å². The normalized spacial score (nSPS) is 10.6. The molecule has 6 nitrogen and oxygen atoms in total. The largest absolute Gasteiger partial charge is 0.311 e. The molecule has 2 rings (SSSR count). The summed E-state index contributed by atoms with van der Waals surface area (Å²) < 4.78 is 13.0. The quantitative estimate of drug-likeness (QED) is 0.672. The highest BCUT2D eigenvalue weighted by Gasteiger charge is 2.19. The molecule has 0 aliphatic carbocycles. The molecule has 0 spiro atoms. The maximum atomic E-state index is 13.0. The molecular formula is C11H11FN4O2S. The number of nitro benzene ring substituents is 1. The summed E-state index contributed by atoms with van der Waals surface area (Å²) in [5.41, 5.74) is -0.0159. The van der Waals surface area contributed by atoms with Crippen LogP contribution in [0.25, 0.3) is 10.6 Å². The Hall–Kier alpha value is -1.93. The molecule has 0 fully saturated rings. The summed E-state index contributed by atoms with van der Waals surface area (Å²) in [7, 11) is 0. The van der Waals surface area contributed by atoms with Crippen LogP contribution >= 0.6 is 11.3 Å². The van der Waals surface area contributed by atoms with Crippen molar-refractivity contribution in [1.82, 2.24) is 15.5 Å². The van der Waals surface area contributed by atoms with E-state index in [0.29, 0.717) is 11.6 Å². The fraction of sp³-hybridized carbons (Fsp3) is 0.273. The van der Waals surface area contributed by atoms with E-state index in [9.17, 15) is 14.5 Å². The van der Waals surface area contributed by atoms with Gasteiger partial charge in [-0.15, -0.1) is 10.2 Å². The minimum absolute atomic E-state index is 0.284. The SMILES string of the molecule is CCNCc1nnc(-c2ccc(F)cc2[N+](=O)[O-])s1. The van der Waals surface area contributed by atoms with Crippen LogP contribution in [0, 0.1) is 15.9 Å². The first kappa shape index (κ1) is 13.5. The Morgan fingerprint density at radius 2 is 2.26 bits per heavy atom. The molecule has 1 aromatic heterocycles. The fourth-order valence-electron chi connectivity index (χ4n) is 1.50. The first-order valence-electron chi connectivity index (χ1n) is 5.59. The van der Waals surface area contributed by atoms with Crippen molar-refractivity contribution >= 4 is 17.0 Å². The van der Waals surface area contributed by atoms with Crippen molar-refractivity contribution in [1.29, 1.82) is 0 Å². The zero-order chi connectivity index (χ0) is 13.8. The van der Waals surface area contributed by atoms with E-state index in [2.05, 4.69) is 15.5 Å². The average Bonchev–Trinajstić information content (AvgIpc) is 2.84. The lowest BCUT2D eigenvalue weighted by Gasteiger charge is -1.98. The number of rotatable bonds is 5. The van der Waals surface area contributed by atoms with E-state index in [4.69, 9.17) is 0 Å². The minimum atomic E-state index is -0.646. The predicted molar refractivity (Wildman–Crippen MR) is 69.3 cm³/mol. The highest BCUT2D eigenvalue weighted by atomic mass is 32.1. The highest BCUT2D eigenvalue weighted by molar-refractivity contribution is 7.14. The summed E-state index contributed by atoms with van der Waals surface area (Å²) in [6.07, 6.45) is 0. The molecule has 2 aromatic rings. The first-order valence-corrected chi connectivity index (χ1v) is 6.41. The second kappa shape index (κ2) is 5.81. The molecule has 0 aliphatic heterocycles. The highest BCUT2D eigenvalue weighted by Crippen LogP contribution is 2.32. The average molecular weight is 282 g/mol. The van der Waals surface area contributed by atoms with Gasteiger partial charge in [-0.25, -0.2) is 4.39 Å². The van der Waals surface area contributed by atoms with Crippen LogP contribution in [0.3, 0.4) is 0 Å². The summed E-state index contributed by atoms with van der Waals surface area (Å²) in [4.78, 5) is 10.3. The summed E-state index contributed by atoms with van der Waals surface area (Å²) in [5, 5.41) is 23.0. The zero-order valence-corrected chi connectivity index (χ0v) is 10.9. The molecule has 0 unspecified atom stereocenters. The predicted octanol–water partition coefficient (Wildman–Crippen LogP) is 2.36. The summed E-state index contributed by atoms with van der Waals surface area (Å²) in [6.45, 7) is 3.32. The maximum absolute atomic E-state index is 13.0. The van der Waals surface area contributed by atoms with Crippen molar-refractivity contribution in [3.63, 3.8) is 0 Å². The Kier molecular flexibility index (Phi) is 4.13. The molecule has 100 valence electrons. The molecule has 0 saturated carbocycles. The van der Waals surface area contributed by atoms with Gasteiger partial charge < -0.3 is 5.32 Å². The van der Waals surface area contributed by atoms with E-state index in [1.807, 2.05) is 6.92 Å². The lowest BCUT2D eigenvalue weighted by atomic mass is 10.2. The van der Waals surface area contributed by atoms with Gasteiger partial charge in [0.05, 0.1) is 16.6 Å². The second-order valence-corrected chi connectivity index (χ2v) is 4.76. The molecule has 0 saturated heterocycles. The number of hydrogen-bond donors (Lipinski definition) is 1. The Balaban J connectivity index is 2.36. The number of benzene rings is 1. The van der Waals surface area contributed by atoms with E-state index in [-0.39, 0.29) is 11.3 Å². The van der Waals surface area contributed by atoms with Crippen LogP contribution in [0.4, 0.5) is 10.1 Å². The van der Waals surface area contributed by atoms with E-state index >= 15 is 0 Å². The van der Waals surface area contributed by atoms with Gasteiger partial charge in [-0.2, -0.15) is 0 Å². The van der Waals surface area contributed by atoms with Crippen LogP contribution in [0.15, 0.2) is 18.2 Å². The second-order valence-electron chi connectivity index (χ2n) is 3.70. The Labute approximate surface area is 112 Å². The molecule has 0 amide bonds. The third-order valence-corrected chi connectivity index (χ3v) is 3.34. The van der Waals surface area contributed by atoms with Crippen LogP contribution in [0.1, 0.15) is 11.9 Å². The van der Waals surface area contributed by atoms with Crippen molar-refractivity contribution in [3.05, 3.63) is 39.1 Å². The molecular weight excluding hydrogens is 271 g/mol.